The minimum Gasteiger partial charge on any atom is -0.271 e. The van der Waals surface area contributed by atoms with Crippen molar-refractivity contribution in [3.8, 4) is 0 Å². The van der Waals surface area contributed by atoms with Crippen LogP contribution < -0.4 is 11.3 Å². The Kier molecular flexibility index (Phi) is 4.63. The SMILES string of the molecule is CC(C)(C)CC(NN)c1c(F)ccc(Br)c1F. The molecule has 0 saturated heterocycles. The van der Waals surface area contributed by atoms with Gasteiger partial charge in [-0.2, -0.15) is 0 Å². The molecule has 0 radical (unpaired) electrons. The highest BCUT2D eigenvalue weighted by atomic mass is 79.9. The van der Waals surface area contributed by atoms with E-state index < -0.39 is 17.7 Å². The summed E-state index contributed by atoms with van der Waals surface area (Å²) in [5, 5.41) is 0. The molecule has 0 fully saturated rings. The number of hydrazine groups is 1. The molecule has 1 aromatic rings. The van der Waals surface area contributed by atoms with Gasteiger partial charge in [0.25, 0.3) is 0 Å². The summed E-state index contributed by atoms with van der Waals surface area (Å²) in [4.78, 5) is 0. The molecule has 0 spiro atoms. The zero-order chi connectivity index (χ0) is 13.2. The molecule has 5 heteroatoms. The van der Waals surface area contributed by atoms with Crippen molar-refractivity contribution in [2.45, 2.75) is 33.2 Å². The smallest absolute Gasteiger partial charge is 0.145 e. The number of hydrogen-bond acceptors (Lipinski definition) is 2. The fourth-order valence-electron chi connectivity index (χ4n) is 1.72. The molecule has 17 heavy (non-hydrogen) atoms. The molecule has 0 aliphatic rings. The van der Waals surface area contributed by atoms with E-state index in [1.165, 1.54) is 12.1 Å². The molecule has 0 heterocycles. The summed E-state index contributed by atoms with van der Waals surface area (Å²) >= 11 is 3.05. The van der Waals surface area contributed by atoms with Crippen molar-refractivity contribution in [1.29, 1.82) is 0 Å². The number of halogens is 3. The first kappa shape index (κ1) is 14.5. The fraction of sp³-hybridized carbons (Fsp3) is 0.500. The number of benzene rings is 1. The van der Waals surface area contributed by atoms with E-state index >= 15 is 0 Å². The molecule has 1 rings (SSSR count). The van der Waals surface area contributed by atoms with Gasteiger partial charge in [-0.1, -0.05) is 20.8 Å². The lowest BCUT2D eigenvalue weighted by molar-refractivity contribution is 0.303. The number of nitrogens with two attached hydrogens (primary N) is 1. The van der Waals surface area contributed by atoms with Crippen LogP contribution in [0.2, 0.25) is 0 Å². The van der Waals surface area contributed by atoms with Crippen LogP contribution in [0.1, 0.15) is 38.8 Å². The molecule has 1 atom stereocenters. The summed E-state index contributed by atoms with van der Waals surface area (Å²) in [6.07, 6.45) is 0.536. The highest BCUT2D eigenvalue weighted by Gasteiger charge is 2.25. The topological polar surface area (TPSA) is 38.0 Å². The Morgan fingerprint density at radius 1 is 1.35 bits per heavy atom. The minimum atomic E-state index is -0.600. The van der Waals surface area contributed by atoms with Crippen LogP contribution in [0.15, 0.2) is 16.6 Å². The first-order valence-electron chi connectivity index (χ1n) is 5.36. The highest BCUT2D eigenvalue weighted by Crippen LogP contribution is 2.33. The van der Waals surface area contributed by atoms with E-state index in [9.17, 15) is 8.78 Å². The second kappa shape index (κ2) is 5.42. The van der Waals surface area contributed by atoms with Crippen LogP contribution in [-0.2, 0) is 0 Å². The third kappa shape index (κ3) is 3.72. The highest BCUT2D eigenvalue weighted by molar-refractivity contribution is 9.10. The zero-order valence-corrected chi connectivity index (χ0v) is 11.7. The summed E-state index contributed by atoms with van der Waals surface area (Å²) in [5.41, 5.74) is 2.38. The van der Waals surface area contributed by atoms with Gasteiger partial charge in [0.1, 0.15) is 11.6 Å². The van der Waals surface area contributed by atoms with Gasteiger partial charge in [0, 0.05) is 5.56 Å². The first-order chi connectivity index (χ1) is 7.76. The fourth-order valence-corrected chi connectivity index (χ4v) is 2.06. The van der Waals surface area contributed by atoms with Crippen LogP contribution in [0.4, 0.5) is 8.78 Å². The molecular weight excluding hydrogens is 290 g/mol. The summed E-state index contributed by atoms with van der Waals surface area (Å²) in [7, 11) is 0. The van der Waals surface area contributed by atoms with Gasteiger partial charge in [0.05, 0.1) is 10.5 Å². The van der Waals surface area contributed by atoms with Crippen LogP contribution >= 0.6 is 15.9 Å². The minimum absolute atomic E-state index is 0.0169. The zero-order valence-electron chi connectivity index (χ0n) is 10.2. The molecule has 0 bridgehead atoms. The average molecular weight is 307 g/mol. The van der Waals surface area contributed by atoms with Crippen molar-refractivity contribution in [2.24, 2.45) is 11.3 Å². The van der Waals surface area contributed by atoms with Crippen molar-refractivity contribution >= 4 is 15.9 Å². The lowest BCUT2D eigenvalue weighted by Crippen LogP contribution is -2.32. The third-order valence-corrected chi connectivity index (χ3v) is 3.06. The Morgan fingerprint density at radius 2 is 1.94 bits per heavy atom. The van der Waals surface area contributed by atoms with Crippen molar-refractivity contribution in [3.63, 3.8) is 0 Å². The number of hydrogen-bond donors (Lipinski definition) is 2. The van der Waals surface area contributed by atoms with Crippen molar-refractivity contribution in [2.75, 3.05) is 0 Å². The van der Waals surface area contributed by atoms with E-state index in [1.807, 2.05) is 20.8 Å². The van der Waals surface area contributed by atoms with Gasteiger partial charge in [-0.3, -0.25) is 11.3 Å². The Hall–Kier alpha value is -0.520. The second-order valence-electron chi connectivity index (χ2n) is 5.24. The van der Waals surface area contributed by atoms with E-state index in [-0.39, 0.29) is 15.5 Å². The molecule has 1 unspecified atom stereocenters. The Bertz CT molecular complexity index is 402. The van der Waals surface area contributed by atoms with Gasteiger partial charge in [0.15, 0.2) is 0 Å². The number of rotatable bonds is 3. The molecule has 0 aromatic heterocycles. The lowest BCUT2D eigenvalue weighted by Gasteiger charge is -2.26. The monoisotopic (exact) mass is 306 g/mol. The lowest BCUT2D eigenvalue weighted by atomic mass is 9.85. The maximum absolute atomic E-state index is 13.9. The van der Waals surface area contributed by atoms with E-state index in [4.69, 9.17) is 5.84 Å². The van der Waals surface area contributed by atoms with Gasteiger partial charge in [-0.25, -0.2) is 8.78 Å². The van der Waals surface area contributed by atoms with Crippen LogP contribution in [0, 0.1) is 17.0 Å². The normalized spacial score (nSPS) is 13.8. The van der Waals surface area contributed by atoms with Gasteiger partial charge in [-0.05, 0) is 39.9 Å². The van der Waals surface area contributed by atoms with Crippen LogP contribution in [0.3, 0.4) is 0 Å². The summed E-state index contributed by atoms with van der Waals surface area (Å²) in [6, 6.07) is 2.03. The van der Waals surface area contributed by atoms with E-state index in [1.54, 1.807) is 0 Å². The average Bonchev–Trinajstić information content (AvgIpc) is 2.21. The van der Waals surface area contributed by atoms with E-state index in [0.29, 0.717) is 6.42 Å². The van der Waals surface area contributed by atoms with Crippen LogP contribution in [-0.4, -0.2) is 0 Å². The van der Waals surface area contributed by atoms with Gasteiger partial charge >= 0.3 is 0 Å². The molecule has 96 valence electrons. The van der Waals surface area contributed by atoms with Crippen molar-refractivity contribution in [1.82, 2.24) is 5.43 Å². The molecule has 0 amide bonds. The van der Waals surface area contributed by atoms with Gasteiger partial charge in [-0.15, -0.1) is 0 Å². The molecular formula is C12H17BrF2N2. The molecule has 2 nitrogen and oxygen atoms in total. The van der Waals surface area contributed by atoms with Crippen molar-refractivity contribution in [3.05, 3.63) is 33.8 Å². The van der Waals surface area contributed by atoms with Gasteiger partial charge < -0.3 is 0 Å². The molecule has 0 aliphatic heterocycles. The molecule has 0 aliphatic carbocycles. The Morgan fingerprint density at radius 3 is 2.41 bits per heavy atom. The Balaban J connectivity index is 3.16. The van der Waals surface area contributed by atoms with Gasteiger partial charge in [0.2, 0.25) is 0 Å². The van der Waals surface area contributed by atoms with Crippen LogP contribution in [0.5, 0.6) is 0 Å². The van der Waals surface area contributed by atoms with E-state index in [0.717, 1.165) is 0 Å². The number of nitrogens with one attached hydrogen (secondary N) is 1. The van der Waals surface area contributed by atoms with E-state index in [2.05, 4.69) is 21.4 Å². The summed E-state index contributed by atoms with van der Waals surface area (Å²) in [6.45, 7) is 5.97. The maximum atomic E-state index is 13.9. The second-order valence-corrected chi connectivity index (χ2v) is 6.10. The Labute approximate surface area is 109 Å². The first-order valence-corrected chi connectivity index (χ1v) is 6.15. The molecule has 3 N–H and O–H groups in total. The molecule has 0 saturated carbocycles. The van der Waals surface area contributed by atoms with Crippen LogP contribution in [0.25, 0.3) is 0 Å². The summed E-state index contributed by atoms with van der Waals surface area (Å²) in [5.74, 6) is 4.22. The largest absolute Gasteiger partial charge is 0.271 e. The maximum Gasteiger partial charge on any atom is 0.145 e. The van der Waals surface area contributed by atoms with Crippen molar-refractivity contribution < 1.29 is 8.78 Å². The predicted octanol–water partition coefficient (Wildman–Crippen LogP) is 3.67. The quantitative estimate of drug-likeness (QED) is 0.508. The summed E-state index contributed by atoms with van der Waals surface area (Å²) < 4.78 is 27.8. The third-order valence-electron chi connectivity index (χ3n) is 2.45. The predicted molar refractivity (Wildman–Crippen MR) is 68.2 cm³/mol. The molecule has 1 aromatic carbocycles. The standard InChI is InChI=1S/C12H17BrF2N2/c1-12(2,3)6-9(17-16)10-8(14)5-4-7(13)11(10)15/h4-5,9,17H,6,16H2,1-3H3.